The van der Waals surface area contributed by atoms with E-state index in [4.69, 9.17) is 21.1 Å². The average molecular weight is 397 g/mol. The molecule has 1 aliphatic carbocycles. The van der Waals surface area contributed by atoms with Crippen molar-refractivity contribution in [2.45, 2.75) is 38.4 Å². The zero-order valence-corrected chi connectivity index (χ0v) is 16.3. The van der Waals surface area contributed by atoms with E-state index in [1.54, 1.807) is 24.3 Å². The maximum absolute atomic E-state index is 13.2. The maximum Gasteiger partial charge on any atom is 0.173 e. The first-order valence-corrected chi connectivity index (χ1v) is 10.1. The largest absolute Gasteiger partial charge is 0.511 e. The normalized spacial score (nSPS) is 28.1. The van der Waals surface area contributed by atoms with Crippen molar-refractivity contribution in [3.8, 4) is 11.5 Å². The summed E-state index contributed by atoms with van der Waals surface area (Å²) < 4.78 is 11.8. The van der Waals surface area contributed by atoms with Gasteiger partial charge in [-0.25, -0.2) is 0 Å². The van der Waals surface area contributed by atoms with Gasteiger partial charge in [-0.05, 0) is 66.8 Å². The van der Waals surface area contributed by atoms with Crippen LogP contribution in [0.3, 0.4) is 0 Å². The van der Waals surface area contributed by atoms with E-state index in [-0.39, 0.29) is 35.6 Å². The van der Waals surface area contributed by atoms with Gasteiger partial charge in [-0.1, -0.05) is 24.6 Å². The van der Waals surface area contributed by atoms with Crippen molar-refractivity contribution in [2.24, 2.45) is 11.8 Å². The average Bonchev–Trinajstić information content (AvgIpc) is 3.37. The Bertz CT molecular complexity index is 979. The second-order valence-corrected chi connectivity index (χ2v) is 8.13. The standard InChI is InChI=1S/C23H21ClO4/c1-2-12-3-6-15(27-14-7-4-13(24)5-8-14)11-16(12)19-22(25)20-17-9-10-18(28-17)21(20)23(19)26/h3-8,11,17-18,20-21,25H,2,9-10H2,1H3/t17-,18+,20+,21-/m0/s1. The van der Waals surface area contributed by atoms with E-state index < -0.39 is 0 Å². The van der Waals surface area contributed by atoms with Gasteiger partial charge in [0.2, 0.25) is 0 Å². The molecule has 0 unspecified atom stereocenters. The molecule has 5 heteroatoms. The minimum absolute atomic E-state index is 0.00745. The number of ketones is 1. The molecule has 2 heterocycles. The zero-order valence-electron chi connectivity index (χ0n) is 15.5. The van der Waals surface area contributed by atoms with Gasteiger partial charge in [0.1, 0.15) is 17.3 Å². The molecule has 0 saturated carbocycles. The van der Waals surface area contributed by atoms with E-state index in [1.807, 2.05) is 25.1 Å². The van der Waals surface area contributed by atoms with E-state index >= 15 is 0 Å². The first kappa shape index (κ1) is 17.8. The van der Waals surface area contributed by atoms with E-state index in [9.17, 15) is 9.90 Å². The van der Waals surface area contributed by atoms with Crippen LogP contribution in [0.1, 0.15) is 30.9 Å². The molecule has 4 atom stereocenters. The highest BCUT2D eigenvalue weighted by atomic mass is 35.5. The van der Waals surface area contributed by atoms with Crippen LogP contribution in [-0.4, -0.2) is 23.1 Å². The van der Waals surface area contributed by atoms with E-state index in [0.29, 0.717) is 22.1 Å². The molecule has 5 rings (SSSR count). The lowest BCUT2D eigenvalue weighted by atomic mass is 9.80. The van der Waals surface area contributed by atoms with Crippen LogP contribution in [0, 0.1) is 11.8 Å². The van der Waals surface area contributed by atoms with Gasteiger partial charge < -0.3 is 14.6 Å². The molecular weight excluding hydrogens is 376 g/mol. The number of halogens is 1. The molecule has 28 heavy (non-hydrogen) atoms. The van der Waals surface area contributed by atoms with Crippen LogP contribution in [0.2, 0.25) is 5.02 Å². The molecule has 1 N–H and O–H groups in total. The van der Waals surface area contributed by atoms with Crippen LogP contribution in [0.5, 0.6) is 11.5 Å². The summed E-state index contributed by atoms with van der Waals surface area (Å²) in [5, 5.41) is 11.6. The minimum Gasteiger partial charge on any atom is -0.511 e. The van der Waals surface area contributed by atoms with Crippen molar-refractivity contribution >= 4 is 23.0 Å². The Kier molecular flexibility index (Phi) is 4.22. The zero-order chi connectivity index (χ0) is 19.4. The molecule has 3 aliphatic rings. The first-order valence-electron chi connectivity index (χ1n) is 9.76. The fourth-order valence-corrected chi connectivity index (χ4v) is 5.01. The van der Waals surface area contributed by atoms with Crippen molar-refractivity contribution in [3.05, 3.63) is 64.4 Å². The predicted molar refractivity (Wildman–Crippen MR) is 107 cm³/mol. The van der Waals surface area contributed by atoms with E-state index in [0.717, 1.165) is 30.4 Å². The number of rotatable bonds is 4. The molecule has 2 aromatic rings. The lowest BCUT2D eigenvalue weighted by molar-refractivity contribution is -0.118. The van der Waals surface area contributed by atoms with Crippen LogP contribution in [-0.2, 0) is 16.0 Å². The number of hydrogen-bond acceptors (Lipinski definition) is 4. The Morgan fingerprint density at radius 1 is 1.07 bits per heavy atom. The molecule has 0 amide bonds. The fraction of sp³-hybridized carbons (Fsp3) is 0.348. The van der Waals surface area contributed by atoms with Crippen molar-refractivity contribution in [1.29, 1.82) is 0 Å². The van der Waals surface area contributed by atoms with Gasteiger partial charge in [-0.3, -0.25) is 4.79 Å². The summed E-state index contributed by atoms with van der Waals surface area (Å²) in [4.78, 5) is 13.2. The van der Waals surface area contributed by atoms with Crippen LogP contribution in [0.25, 0.3) is 5.57 Å². The lowest BCUT2D eigenvalue weighted by Gasteiger charge is -2.19. The summed E-state index contributed by atoms with van der Waals surface area (Å²) in [5.74, 6) is 1.07. The van der Waals surface area contributed by atoms with Crippen LogP contribution >= 0.6 is 11.6 Å². The van der Waals surface area contributed by atoms with Gasteiger partial charge in [-0.2, -0.15) is 0 Å². The van der Waals surface area contributed by atoms with Gasteiger partial charge >= 0.3 is 0 Å². The number of benzene rings is 2. The lowest BCUT2D eigenvalue weighted by Crippen LogP contribution is -2.29. The number of carbonyl (C=O) groups is 1. The second kappa shape index (κ2) is 6.64. The summed E-state index contributed by atoms with van der Waals surface area (Å²) >= 11 is 5.94. The molecule has 144 valence electrons. The highest BCUT2D eigenvalue weighted by Crippen LogP contribution is 2.54. The number of aryl methyl sites for hydroxylation is 1. The second-order valence-electron chi connectivity index (χ2n) is 7.69. The monoisotopic (exact) mass is 396 g/mol. The third-order valence-electron chi connectivity index (χ3n) is 6.18. The Balaban J connectivity index is 1.53. The van der Waals surface area contributed by atoms with Crippen molar-refractivity contribution in [1.82, 2.24) is 0 Å². The number of hydrogen-bond donors (Lipinski definition) is 1. The van der Waals surface area contributed by atoms with Gasteiger partial charge in [0.15, 0.2) is 5.78 Å². The van der Waals surface area contributed by atoms with Crippen LogP contribution in [0.15, 0.2) is 48.2 Å². The fourth-order valence-electron chi connectivity index (χ4n) is 4.89. The molecule has 2 bridgehead atoms. The number of carbonyl (C=O) groups excluding carboxylic acids is 1. The highest BCUT2D eigenvalue weighted by Gasteiger charge is 2.59. The molecule has 2 fully saturated rings. The maximum atomic E-state index is 13.2. The highest BCUT2D eigenvalue weighted by molar-refractivity contribution is 6.30. The number of fused-ring (bicyclic) bond motifs is 5. The quantitative estimate of drug-likeness (QED) is 0.757. The molecule has 0 spiro atoms. The smallest absolute Gasteiger partial charge is 0.173 e. The third-order valence-corrected chi connectivity index (χ3v) is 6.43. The van der Waals surface area contributed by atoms with Crippen molar-refractivity contribution < 1.29 is 19.4 Å². The SMILES string of the molecule is CCc1ccc(Oc2ccc(Cl)cc2)cc1C1=C(O)[C@H]2[C@@H](C1=O)[C@H]1CC[C@@H]2O1. The minimum atomic E-state index is -0.237. The van der Waals surface area contributed by atoms with E-state index in [2.05, 4.69) is 0 Å². The molecule has 0 aromatic heterocycles. The van der Waals surface area contributed by atoms with Crippen molar-refractivity contribution in [2.75, 3.05) is 0 Å². The number of Topliss-reactive ketones (excluding diaryl/α,β-unsaturated/α-hetero) is 1. The van der Waals surface area contributed by atoms with E-state index in [1.165, 1.54) is 0 Å². The Morgan fingerprint density at radius 2 is 1.75 bits per heavy atom. The first-order chi connectivity index (χ1) is 13.6. The van der Waals surface area contributed by atoms with Crippen molar-refractivity contribution in [3.63, 3.8) is 0 Å². The van der Waals surface area contributed by atoms with Gasteiger partial charge in [-0.15, -0.1) is 0 Å². The summed E-state index contributed by atoms with van der Waals surface area (Å²) in [7, 11) is 0. The summed E-state index contributed by atoms with van der Waals surface area (Å²) in [5.41, 5.74) is 2.24. The number of aliphatic hydroxyl groups excluding tert-OH is 1. The predicted octanol–water partition coefficient (Wildman–Crippen LogP) is 5.34. The molecular formula is C23H21ClO4. The Labute approximate surface area is 168 Å². The summed E-state index contributed by atoms with van der Waals surface area (Å²) in [6, 6.07) is 12.9. The topological polar surface area (TPSA) is 55.8 Å². The van der Waals surface area contributed by atoms with Crippen LogP contribution in [0.4, 0.5) is 0 Å². The number of aliphatic hydroxyl groups is 1. The number of ether oxygens (including phenoxy) is 2. The number of allylic oxidation sites excluding steroid dienone is 1. The molecule has 2 aromatic carbocycles. The Hall–Kier alpha value is -2.30. The molecule has 2 aliphatic heterocycles. The summed E-state index contributed by atoms with van der Waals surface area (Å²) in [6.45, 7) is 2.04. The third kappa shape index (κ3) is 2.66. The molecule has 4 nitrogen and oxygen atoms in total. The van der Waals surface area contributed by atoms with Gasteiger partial charge in [0.05, 0.1) is 29.6 Å². The summed E-state index contributed by atoms with van der Waals surface area (Å²) in [6.07, 6.45) is 2.49. The molecule has 2 saturated heterocycles. The Morgan fingerprint density at radius 3 is 2.43 bits per heavy atom. The van der Waals surface area contributed by atoms with Gasteiger partial charge in [0.25, 0.3) is 0 Å². The van der Waals surface area contributed by atoms with Gasteiger partial charge in [0, 0.05) is 5.02 Å². The molecule has 0 radical (unpaired) electrons. The van der Waals surface area contributed by atoms with Crippen LogP contribution < -0.4 is 4.74 Å².